The van der Waals surface area contributed by atoms with Crippen LogP contribution in [0.3, 0.4) is 0 Å². The van der Waals surface area contributed by atoms with E-state index in [4.69, 9.17) is 38.7 Å². The van der Waals surface area contributed by atoms with Crippen molar-refractivity contribution in [1.29, 1.82) is 0 Å². The van der Waals surface area contributed by atoms with Crippen LogP contribution in [0.15, 0.2) is 47.5 Å². The van der Waals surface area contributed by atoms with Gasteiger partial charge in [0.1, 0.15) is 0 Å². The molecule has 0 atom stereocenters. The third-order valence-electron chi connectivity index (χ3n) is 4.33. The minimum atomic E-state index is -0.644. The lowest BCUT2D eigenvalue weighted by Gasteiger charge is -2.14. The Hall–Kier alpha value is -2.83. The summed E-state index contributed by atoms with van der Waals surface area (Å²) in [5.41, 5.74) is 9.08. The molecule has 2 N–H and O–H groups in total. The fourth-order valence-electron chi connectivity index (χ4n) is 3.18. The van der Waals surface area contributed by atoms with Gasteiger partial charge in [0, 0.05) is 21.2 Å². The first-order valence-electron chi connectivity index (χ1n) is 8.06. The molecule has 136 valence electrons. The zero-order chi connectivity index (χ0) is 19.1. The van der Waals surface area contributed by atoms with E-state index in [0.717, 1.165) is 16.8 Å². The Bertz CT molecular complexity index is 1110. The van der Waals surface area contributed by atoms with Gasteiger partial charge in [-0.3, -0.25) is 14.4 Å². The van der Waals surface area contributed by atoms with Crippen molar-refractivity contribution in [3.05, 3.63) is 75.0 Å². The number of rotatable bonds is 3. The Morgan fingerprint density at radius 1 is 1.19 bits per heavy atom. The van der Waals surface area contributed by atoms with Gasteiger partial charge in [0.25, 0.3) is 5.91 Å². The van der Waals surface area contributed by atoms with Crippen LogP contribution in [0.2, 0.25) is 10.0 Å². The molecule has 0 bridgehead atoms. The van der Waals surface area contributed by atoms with Gasteiger partial charge < -0.3 is 10.5 Å². The molecule has 0 fully saturated rings. The normalized spacial score (nSPS) is 12.6. The minimum Gasteiger partial charge on any atom is -0.468 e. The number of amides is 1. The molecule has 6 nitrogen and oxygen atoms in total. The van der Waals surface area contributed by atoms with Crippen LogP contribution in [0, 0.1) is 0 Å². The standard InChI is InChI=1S/C19H14Cl2N4O2/c1-27-19-24-17(18(22)26)15-9-23-16(11-4-2-3-5-13(11)21)12-8-10(20)6-7-14(12)25(15)19/h2-8H,9H2,1H3,(H2,22,26). The first-order chi connectivity index (χ1) is 13.0. The van der Waals surface area contributed by atoms with Gasteiger partial charge in [0.2, 0.25) is 0 Å². The molecule has 0 saturated heterocycles. The summed E-state index contributed by atoms with van der Waals surface area (Å²) in [7, 11) is 1.48. The quantitative estimate of drug-likeness (QED) is 0.728. The number of nitrogens with zero attached hydrogens (tertiary/aromatic N) is 3. The number of primary amides is 1. The topological polar surface area (TPSA) is 82.5 Å². The van der Waals surface area contributed by atoms with Crippen LogP contribution >= 0.6 is 23.2 Å². The molecule has 27 heavy (non-hydrogen) atoms. The molecule has 1 aliphatic rings. The SMILES string of the molecule is COc1nc(C(N)=O)c2n1-c1ccc(Cl)cc1C(c1ccccc1Cl)=NC2. The monoisotopic (exact) mass is 400 g/mol. The van der Waals surface area contributed by atoms with Gasteiger partial charge in [0.05, 0.1) is 30.7 Å². The molecule has 1 aromatic heterocycles. The second-order valence-electron chi connectivity index (χ2n) is 5.90. The molecule has 0 aliphatic carbocycles. The van der Waals surface area contributed by atoms with Crippen molar-refractivity contribution in [2.45, 2.75) is 6.54 Å². The number of imidazole rings is 1. The number of nitrogens with two attached hydrogens (primary N) is 1. The maximum atomic E-state index is 11.9. The number of aliphatic imine (C=N–C) groups is 1. The molecule has 3 aromatic rings. The maximum Gasteiger partial charge on any atom is 0.301 e. The van der Waals surface area contributed by atoms with Gasteiger partial charge in [-0.05, 0) is 24.3 Å². The van der Waals surface area contributed by atoms with Gasteiger partial charge in [-0.25, -0.2) is 0 Å². The summed E-state index contributed by atoms with van der Waals surface area (Å²) >= 11 is 12.7. The smallest absolute Gasteiger partial charge is 0.301 e. The number of fused-ring (bicyclic) bond motifs is 3. The summed E-state index contributed by atoms with van der Waals surface area (Å²) in [6, 6.07) is 13.1. The third-order valence-corrected chi connectivity index (χ3v) is 4.89. The Labute approximate surface area is 165 Å². The van der Waals surface area contributed by atoms with Gasteiger partial charge >= 0.3 is 6.01 Å². The molecular formula is C19H14Cl2N4O2. The molecule has 0 radical (unpaired) electrons. The Morgan fingerprint density at radius 3 is 2.67 bits per heavy atom. The number of carbonyl (C=O) groups is 1. The van der Waals surface area contributed by atoms with Crippen molar-refractivity contribution < 1.29 is 9.53 Å². The van der Waals surface area contributed by atoms with Crippen LogP contribution in [0.4, 0.5) is 0 Å². The van der Waals surface area contributed by atoms with Crippen molar-refractivity contribution in [1.82, 2.24) is 9.55 Å². The van der Waals surface area contributed by atoms with E-state index in [1.807, 2.05) is 24.3 Å². The largest absolute Gasteiger partial charge is 0.468 e. The lowest BCUT2D eigenvalue weighted by Crippen LogP contribution is -2.14. The number of hydrogen-bond donors (Lipinski definition) is 1. The molecule has 2 heterocycles. The predicted octanol–water partition coefficient (Wildman–Crippen LogP) is 3.64. The highest BCUT2D eigenvalue weighted by molar-refractivity contribution is 6.36. The van der Waals surface area contributed by atoms with Crippen molar-refractivity contribution >= 4 is 34.8 Å². The average molecular weight is 401 g/mol. The zero-order valence-electron chi connectivity index (χ0n) is 14.2. The molecule has 8 heteroatoms. The van der Waals surface area contributed by atoms with Crippen molar-refractivity contribution in [2.24, 2.45) is 10.7 Å². The van der Waals surface area contributed by atoms with Crippen molar-refractivity contribution in [3.8, 4) is 11.7 Å². The first kappa shape index (κ1) is 17.6. The average Bonchev–Trinajstić information content (AvgIpc) is 2.94. The van der Waals surface area contributed by atoms with E-state index in [-0.39, 0.29) is 18.2 Å². The number of methoxy groups -OCH3 is 1. The van der Waals surface area contributed by atoms with Crippen LogP contribution in [0.25, 0.3) is 5.69 Å². The highest BCUT2D eigenvalue weighted by atomic mass is 35.5. The number of hydrogen-bond acceptors (Lipinski definition) is 4. The van der Waals surface area contributed by atoms with E-state index in [0.29, 0.717) is 21.5 Å². The summed E-state index contributed by atoms with van der Waals surface area (Å²) in [5, 5.41) is 1.11. The van der Waals surface area contributed by atoms with Gasteiger partial charge in [0.15, 0.2) is 5.69 Å². The second-order valence-corrected chi connectivity index (χ2v) is 6.74. The highest BCUT2D eigenvalue weighted by Gasteiger charge is 2.28. The summed E-state index contributed by atoms with van der Waals surface area (Å²) < 4.78 is 7.12. The molecule has 1 aliphatic heterocycles. The molecule has 0 spiro atoms. The van der Waals surface area contributed by atoms with Crippen LogP contribution in [-0.2, 0) is 6.54 Å². The molecular weight excluding hydrogens is 387 g/mol. The lowest BCUT2D eigenvalue weighted by molar-refractivity contribution is 0.0994. The number of aromatic nitrogens is 2. The van der Waals surface area contributed by atoms with Crippen LogP contribution in [0.5, 0.6) is 6.01 Å². The van der Waals surface area contributed by atoms with Crippen LogP contribution in [0.1, 0.15) is 27.3 Å². The summed E-state index contributed by atoms with van der Waals surface area (Å²) in [5.74, 6) is -0.644. The Morgan fingerprint density at radius 2 is 1.96 bits per heavy atom. The fraction of sp³-hybridized carbons (Fsp3) is 0.105. The van der Waals surface area contributed by atoms with Crippen LogP contribution < -0.4 is 10.5 Å². The van der Waals surface area contributed by atoms with E-state index in [1.54, 1.807) is 22.8 Å². The maximum absolute atomic E-state index is 11.9. The second kappa shape index (κ2) is 6.72. The predicted molar refractivity (Wildman–Crippen MR) is 104 cm³/mol. The Balaban J connectivity index is 2.05. The molecule has 0 saturated carbocycles. The number of halogens is 2. The summed E-state index contributed by atoms with van der Waals surface area (Å²) in [6.07, 6.45) is 0. The summed E-state index contributed by atoms with van der Waals surface area (Å²) in [4.78, 5) is 20.8. The van der Waals surface area contributed by atoms with Crippen molar-refractivity contribution in [3.63, 3.8) is 0 Å². The van der Waals surface area contributed by atoms with Gasteiger partial charge in [-0.15, -0.1) is 0 Å². The molecule has 1 amide bonds. The molecule has 2 aromatic carbocycles. The van der Waals surface area contributed by atoms with Gasteiger partial charge in [-0.1, -0.05) is 41.4 Å². The van der Waals surface area contributed by atoms with Crippen molar-refractivity contribution in [2.75, 3.05) is 7.11 Å². The lowest BCUT2D eigenvalue weighted by atomic mass is 10.0. The summed E-state index contributed by atoms with van der Waals surface area (Å²) in [6.45, 7) is 0.182. The first-order valence-corrected chi connectivity index (χ1v) is 8.82. The van der Waals surface area contributed by atoms with E-state index >= 15 is 0 Å². The van der Waals surface area contributed by atoms with E-state index in [1.165, 1.54) is 7.11 Å². The zero-order valence-corrected chi connectivity index (χ0v) is 15.8. The third kappa shape index (κ3) is 2.87. The fourth-order valence-corrected chi connectivity index (χ4v) is 3.57. The van der Waals surface area contributed by atoms with E-state index < -0.39 is 5.91 Å². The Kier molecular flexibility index (Phi) is 4.37. The highest BCUT2D eigenvalue weighted by Crippen LogP contribution is 2.33. The van der Waals surface area contributed by atoms with Crippen LogP contribution in [-0.4, -0.2) is 28.3 Å². The van der Waals surface area contributed by atoms with E-state index in [2.05, 4.69) is 4.98 Å². The number of benzene rings is 2. The van der Waals surface area contributed by atoms with Gasteiger partial charge in [-0.2, -0.15) is 4.98 Å². The number of ether oxygens (including phenoxy) is 1. The minimum absolute atomic E-state index is 0.122. The molecule has 4 rings (SSSR count). The van der Waals surface area contributed by atoms with E-state index in [9.17, 15) is 4.79 Å². The number of carbonyl (C=O) groups excluding carboxylic acids is 1. The molecule has 0 unspecified atom stereocenters.